The average Bonchev–Trinajstić information content (AvgIpc) is 2.60. The molecule has 0 aliphatic carbocycles. The highest BCUT2D eigenvalue weighted by Crippen LogP contribution is 2.40. The molecule has 0 heterocycles. The first-order valence-electron chi connectivity index (χ1n) is 9.71. The average molecular weight is 370 g/mol. The summed E-state index contributed by atoms with van der Waals surface area (Å²) in [5.41, 5.74) is 2.63. The molecular formula is C23H35NOSi. The van der Waals surface area contributed by atoms with Crippen molar-refractivity contribution < 1.29 is 4.43 Å². The lowest BCUT2D eigenvalue weighted by molar-refractivity contribution is 0.144. The number of hydrogen-bond acceptors (Lipinski definition) is 2. The van der Waals surface area contributed by atoms with Crippen molar-refractivity contribution in [3.63, 3.8) is 0 Å². The minimum absolute atomic E-state index is 0.0767. The van der Waals surface area contributed by atoms with Crippen LogP contribution in [0, 0.1) is 0 Å². The molecule has 0 amide bonds. The third kappa shape index (κ3) is 5.80. The van der Waals surface area contributed by atoms with Crippen molar-refractivity contribution in [1.82, 2.24) is 5.32 Å². The van der Waals surface area contributed by atoms with Crippen molar-refractivity contribution in [2.24, 2.45) is 0 Å². The normalized spacial score (nSPS) is 14.8. The Morgan fingerprint density at radius 1 is 0.923 bits per heavy atom. The highest BCUT2D eigenvalue weighted by molar-refractivity contribution is 6.74. The molecule has 2 aromatic carbocycles. The molecule has 3 heteroatoms. The van der Waals surface area contributed by atoms with Crippen molar-refractivity contribution >= 4 is 8.32 Å². The Balaban J connectivity index is 2.08. The minimum atomic E-state index is -1.86. The third-order valence-corrected chi connectivity index (χ3v) is 9.99. The van der Waals surface area contributed by atoms with Gasteiger partial charge in [-0.3, -0.25) is 0 Å². The molecule has 0 radical (unpaired) electrons. The van der Waals surface area contributed by atoms with Crippen LogP contribution < -0.4 is 5.32 Å². The van der Waals surface area contributed by atoms with Gasteiger partial charge in [0.15, 0.2) is 8.32 Å². The Morgan fingerprint density at radius 2 is 1.46 bits per heavy atom. The largest absolute Gasteiger partial charge is 0.408 e. The van der Waals surface area contributed by atoms with Crippen LogP contribution in [-0.4, -0.2) is 20.9 Å². The van der Waals surface area contributed by atoms with Crippen LogP contribution in [-0.2, 0) is 10.8 Å². The standard InChI is InChI=1S/C23H35NOSi/c1-19(24-18-17-20-13-9-7-10-14-20)22(21-15-11-8-12-16-21)25-26(5,6)23(2,3)4/h7-16,19,22,24H,17-18H2,1-6H3/t19-,22-/m0/s1. The van der Waals surface area contributed by atoms with E-state index in [1.807, 2.05) is 0 Å². The molecule has 1 N–H and O–H groups in total. The molecule has 0 saturated carbocycles. The van der Waals surface area contributed by atoms with E-state index in [1.54, 1.807) is 0 Å². The van der Waals surface area contributed by atoms with Crippen LogP contribution >= 0.6 is 0 Å². The Morgan fingerprint density at radius 3 is 2.00 bits per heavy atom. The van der Waals surface area contributed by atoms with E-state index < -0.39 is 8.32 Å². The van der Waals surface area contributed by atoms with Gasteiger partial charge >= 0.3 is 0 Å². The van der Waals surface area contributed by atoms with Gasteiger partial charge in [0.2, 0.25) is 0 Å². The monoisotopic (exact) mass is 369 g/mol. The van der Waals surface area contributed by atoms with Gasteiger partial charge < -0.3 is 9.74 Å². The second-order valence-corrected chi connectivity index (χ2v) is 13.4. The molecule has 0 bridgehead atoms. The van der Waals surface area contributed by atoms with Gasteiger partial charge in [0.1, 0.15) is 0 Å². The van der Waals surface area contributed by atoms with Crippen molar-refractivity contribution in [2.75, 3.05) is 6.54 Å². The SMILES string of the molecule is C[C@H](NCCc1ccccc1)[C@H](O[Si](C)(C)C(C)(C)C)c1ccccc1. The van der Waals surface area contributed by atoms with E-state index in [4.69, 9.17) is 4.43 Å². The Bertz CT molecular complexity index is 649. The number of benzene rings is 2. The van der Waals surface area contributed by atoms with E-state index in [9.17, 15) is 0 Å². The lowest BCUT2D eigenvalue weighted by Gasteiger charge is -2.41. The second-order valence-electron chi connectivity index (χ2n) is 8.69. The number of hydrogen-bond donors (Lipinski definition) is 1. The molecule has 2 aromatic rings. The summed E-state index contributed by atoms with van der Waals surface area (Å²) in [6.07, 6.45) is 1.11. The van der Waals surface area contributed by atoms with Crippen molar-refractivity contribution in [3.8, 4) is 0 Å². The first-order chi connectivity index (χ1) is 12.2. The first kappa shape index (κ1) is 20.9. The molecule has 142 valence electrons. The Labute approximate surface area is 161 Å². The molecule has 0 fully saturated rings. The maximum atomic E-state index is 6.83. The summed E-state index contributed by atoms with van der Waals surface area (Å²) in [7, 11) is -1.86. The lowest BCUT2D eigenvalue weighted by Crippen LogP contribution is -2.46. The Hall–Kier alpha value is -1.42. The fourth-order valence-electron chi connectivity index (χ4n) is 2.79. The molecular weight excluding hydrogens is 334 g/mol. The van der Waals surface area contributed by atoms with E-state index in [1.165, 1.54) is 11.1 Å². The van der Waals surface area contributed by atoms with Crippen molar-refractivity contribution in [1.29, 1.82) is 0 Å². The molecule has 2 rings (SSSR count). The maximum Gasteiger partial charge on any atom is 0.192 e. The predicted octanol–water partition coefficient (Wildman–Crippen LogP) is 5.97. The summed E-state index contributed by atoms with van der Waals surface area (Å²) in [5.74, 6) is 0. The second kappa shape index (κ2) is 8.98. The summed E-state index contributed by atoms with van der Waals surface area (Å²) in [5, 5.41) is 3.90. The van der Waals surface area contributed by atoms with Gasteiger partial charge in [0.05, 0.1) is 6.10 Å². The summed E-state index contributed by atoms with van der Waals surface area (Å²) in [6.45, 7) is 14.8. The van der Waals surface area contributed by atoms with Gasteiger partial charge in [0, 0.05) is 6.04 Å². The van der Waals surface area contributed by atoms with Crippen LogP contribution in [0.3, 0.4) is 0 Å². The summed E-state index contributed by atoms with van der Waals surface area (Å²) in [6, 6.07) is 21.6. The van der Waals surface area contributed by atoms with Crippen LogP contribution in [0.15, 0.2) is 60.7 Å². The van der Waals surface area contributed by atoms with Gasteiger partial charge in [-0.05, 0) is 49.1 Å². The summed E-state index contributed by atoms with van der Waals surface area (Å²) >= 11 is 0. The lowest BCUT2D eigenvalue weighted by atomic mass is 10.0. The van der Waals surface area contributed by atoms with E-state index in [-0.39, 0.29) is 17.2 Å². The predicted molar refractivity (Wildman–Crippen MR) is 115 cm³/mol. The highest BCUT2D eigenvalue weighted by atomic mass is 28.4. The van der Waals surface area contributed by atoms with Gasteiger partial charge in [-0.2, -0.15) is 0 Å². The number of rotatable bonds is 8. The maximum absolute atomic E-state index is 6.83. The molecule has 2 atom stereocenters. The molecule has 0 unspecified atom stereocenters. The van der Waals surface area contributed by atoms with Crippen LogP contribution in [0.25, 0.3) is 0 Å². The van der Waals surface area contributed by atoms with E-state index >= 15 is 0 Å². The van der Waals surface area contributed by atoms with Crippen molar-refractivity contribution in [3.05, 3.63) is 71.8 Å². The molecule has 2 nitrogen and oxygen atoms in total. The van der Waals surface area contributed by atoms with Crippen LogP contribution in [0.5, 0.6) is 0 Å². The van der Waals surface area contributed by atoms with Gasteiger partial charge in [-0.25, -0.2) is 0 Å². The summed E-state index contributed by atoms with van der Waals surface area (Å²) < 4.78 is 6.83. The fraction of sp³-hybridized carbons (Fsp3) is 0.478. The first-order valence-corrected chi connectivity index (χ1v) is 12.6. The molecule has 0 saturated heterocycles. The zero-order valence-electron chi connectivity index (χ0n) is 17.3. The molecule has 0 spiro atoms. The summed E-state index contributed by atoms with van der Waals surface area (Å²) in [4.78, 5) is 0. The molecule has 0 aromatic heterocycles. The van der Waals surface area contributed by atoms with E-state index in [0.29, 0.717) is 0 Å². The van der Waals surface area contributed by atoms with Gasteiger partial charge in [-0.15, -0.1) is 0 Å². The topological polar surface area (TPSA) is 21.3 Å². The van der Waals surface area contributed by atoms with Gasteiger partial charge in [0.25, 0.3) is 0 Å². The molecule has 0 aliphatic rings. The highest BCUT2D eigenvalue weighted by Gasteiger charge is 2.40. The Kier molecular flexibility index (Phi) is 7.21. The third-order valence-electron chi connectivity index (χ3n) is 5.53. The van der Waals surface area contributed by atoms with E-state index in [0.717, 1.165) is 13.0 Å². The fourth-order valence-corrected chi connectivity index (χ4v) is 4.12. The smallest absolute Gasteiger partial charge is 0.192 e. The zero-order chi connectivity index (χ0) is 19.2. The van der Waals surface area contributed by atoms with Crippen LogP contribution in [0.2, 0.25) is 18.1 Å². The molecule has 26 heavy (non-hydrogen) atoms. The minimum Gasteiger partial charge on any atom is -0.408 e. The quantitative estimate of drug-likeness (QED) is 0.579. The zero-order valence-corrected chi connectivity index (χ0v) is 18.3. The molecule has 0 aliphatic heterocycles. The van der Waals surface area contributed by atoms with Crippen molar-refractivity contribution in [2.45, 2.75) is 64.4 Å². The van der Waals surface area contributed by atoms with Crippen LogP contribution in [0.1, 0.15) is 44.9 Å². The van der Waals surface area contributed by atoms with E-state index in [2.05, 4.69) is 107 Å². The van der Waals surface area contributed by atoms with Crippen LogP contribution in [0.4, 0.5) is 0 Å². The number of nitrogens with one attached hydrogen (secondary N) is 1. The van der Waals surface area contributed by atoms with Gasteiger partial charge in [-0.1, -0.05) is 81.4 Å².